The summed E-state index contributed by atoms with van der Waals surface area (Å²) in [4.78, 5) is 20.7. The lowest BCUT2D eigenvalue weighted by Crippen LogP contribution is -2.28. The highest BCUT2D eigenvalue weighted by Crippen LogP contribution is 2.32. The summed E-state index contributed by atoms with van der Waals surface area (Å²) >= 11 is 1.83. The zero-order valence-electron chi connectivity index (χ0n) is 20.0. The van der Waals surface area contributed by atoms with Crippen LogP contribution in [-0.2, 0) is 16.6 Å². The van der Waals surface area contributed by atoms with E-state index in [-0.39, 0.29) is 5.95 Å². The maximum atomic E-state index is 11.8. The van der Waals surface area contributed by atoms with E-state index >= 15 is 0 Å². The van der Waals surface area contributed by atoms with Crippen LogP contribution in [0.5, 0.6) is 5.75 Å². The van der Waals surface area contributed by atoms with E-state index in [4.69, 9.17) is 10.5 Å². The van der Waals surface area contributed by atoms with Gasteiger partial charge in [-0.3, -0.25) is 4.79 Å². The van der Waals surface area contributed by atoms with Gasteiger partial charge in [0.2, 0.25) is 5.95 Å². The number of aromatic nitrogens is 2. The van der Waals surface area contributed by atoms with Gasteiger partial charge in [0.15, 0.2) is 0 Å². The van der Waals surface area contributed by atoms with E-state index in [2.05, 4.69) is 28.5 Å². The average Bonchev–Trinajstić information content (AvgIpc) is 2.74. The zero-order valence-corrected chi connectivity index (χ0v) is 20.8. The van der Waals surface area contributed by atoms with Gasteiger partial charge in [-0.2, -0.15) is 16.7 Å². The molecule has 7 nitrogen and oxygen atoms in total. The van der Waals surface area contributed by atoms with Gasteiger partial charge in [0.25, 0.3) is 0 Å². The monoisotopic (exact) mass is 460 g/mol. The smallest absolute Gasteiger partial charge is 0.313 e. The molecule has 0 aliphatic carbocycles. The number of hydrogen-bond donors (Lipinski definition) is 3. The molecule has 2 rings (SSSR count). The summed E-state index contributed by atoms with van der Waals surface area (Å²) in [6, 6.07) is 5.83. The van der Waals surface area contributed by atoms with Crippen molar-refractivity contribution in [2.45, 2.75) is 64.8 Å². The van der Waals surface area contributed by atoms with Crippen molar-refractivity contribution in [1.29, 1.82) is 0 Å². The minimum Gasteiger partial charge on any atom is -0.496 e. The first-order valence-corrected chi connectivity index (χ1v) is 12.3. The topological polar surface area (TPSA) is 110 Å². The van der Waals surface area contributed by atoms with Crippen molar-refractivity contribution in [1.82, 2.24) is 9.97 Å². The Kier molecular flexibility index (Phi) is 9.19. The fraction of sp³-hybridized carbons (Fsp3) is 0.542. The number of nitrogens with zero attached hydrogens (tertiary/aromatic N) is 2. The predicted molar refractivity (Wildman–Crippen MR) is 133 cm³/mol. The van der Waals surface area contributed by atoms with Crippen molar-refractivity contribution < 1.29 is 14.6 Å². The fourth-order valence-corrected chi connectivity index (χ4v) is 4.18. The third kappa shape index (κ3) is 6.28. The number of carboxylic acids is 1. The standard InChI is InChI=1S/C24H36N4O3S/c1-7-8-18(11-12-32-6)27-21-19(15(2)26-23(25)28-21)14-16-13-17(9-10-20(16)31-5)24(3,4)22(29)30/h9-10,13,18H,7-8,11-12,14H2,1-6H3,(H,29,30)(H3,25,26,27,28)/t18-/m0/s1. The van der Waals surface area contributed by atoms with Gasteiger partial charge in [0.1, 0.15) is 11.6 Å². The summed E-state index contributed by atoms with van der Waals surface area (Å²) in [5.41, 5.74) is 8.31. The highest BCUT2D eigenvalue weighted by atomic mass is 32.2. The second-order valence-corrected chi connectivity index (χ2v) is 9.52. The van der Waals surface area contributed by atoms with Gasteiger partial charge in [0.05, 0.1) is 12.5 Å². The summed E-state index contributed by atoms with van der Waals surface area (Å²) in [6.07, 6.45) is 5.75. The molecule has 0 aliphatic heterocycles. The summed E-state index contributed by atoms with van der Waals surface area (Å²) in [5, 5.41) is 13.3. The van der Waals surface area contributed by atoms with Gasteiger partial charge in [0, 0.05) is 23.7 Å². The first-order valence-electron chi connectivity index (χ1n) is 10.9. The van der Waals surface area contributed by atoms with E-state index in [0.717, 1.165) is 47.7 Å². The van der Waals surface area contributed by atoms with Gasteiger partial charge in [-0.1, -0.05) is 25.5 Å². The number of ether oxygens (including phenoxy) is 1. The Morgan fingerprint density at radius 3 is 2.62 bits per heavy atom. The molecule has 0 saturated heterocycles. The van der Waals surface area contributed by atoms with Crippen LogP contribution in [-0.4, -0.2) is 46.2 Å². The molecule has 1 aromatic carbocycles. The molecule has 1 heterocycles. The van der Waals surface area contributed by atoms with Crippen molar-refractivity contribution in [2.24, 2.45) is 0 Å². The van der Waals surface area contributed by atoms with E-state index in [9.17, 15) is 9.90 Å². The first-order chi connectivity index (χ1) is 15.1. The molecular weight excluding hydrogens is 424 g/mol. The molecule has 4 N–H and O–H groups in total. The quantitative estimate of drug-likeness (QED) is 0.419. The van der Waals surface area contributed by atoms with Gasteiger partial charge < -0.3 is 20.9 Å². The summed E-state index contributed by atoms with van der Waals surface area (Å²) in [6.45, 7) is 7.50. The van der Waals surface area contributed by atoms with Crippen LogP contribution >= 0.6 is 11.8 Å². The number of nitrogens with one attached hydrogen (secondary N) is 1. The number of nitrogen functional groups attached to an aromatic ring is 1. The van der Waals surface area contributed by atoms with Crippen molar-refractivity contribution in [3.63, 3.8) is 0 Å². The number of carboxylic acid groups (broad SMARTS) is 1. The number of benzene rings is 1. The van der Waals surface area contributed by atoms with E-state index in [0.29, 0.717) is 23.8 Å². The van der Waals surface area contributed by atoms with E-state index in [1.54, 1.807) is 21.0 Å². The Labute approximate surface area is 195 Å². The van der Waals surface area contributed by atoms with E-state index in [1.807, 2.05) is 36.9 Å². The molecular formula is C24H36N4O3S. The molecule has 176 valence electrons. The molecule has 32 heavy (non-hydrogen) atoms. The second kappa shape index (κ2) is 11.4. The van der Waals surface area contributed by atoms with Crippen LogP contribution < -0.4 is 15.8 Å². The SMILES string of the molecule is CCC[C@@H](CCSC)Nc1nc(N)nc(C)c1Cc1cc(C(C)(C)C(=O)O)ccc1OC. The van der Waals surface area contributed by atoms with Crippen LogP contribution in [0.15, 0.2) is 18.2 Å². The lowest BCUT2D eigenvalue weighted by molar-refractivity contribution is -0.142. The number of methoxy groups -OCH3 is 1. The highest BCUT2D eigenvalue weighted by Gasteiger charge is 2.30. The number of aliphatic carboxylic acids is 1. The largest absolute Gasteiger partial charge is 0.496 e. The van der Waals surface area contributed by atoms with Crippen LogP contribution in [0.1, 0.15) is 62.4 Å². The molecule has 0 unspecified atom stereocenters. The van der Waals surface area contributed by atoms with Crippen LogP contribution in [0.4, 0.5) is 11.8 Å². The predicted octanol–water partition coefficient (Wildman–Crippen LogP) is 4.66. The van der Waals surface area contributed by atoms with Crippen LogP contribution in [0.2, 0.25) is 0 Å². The molecule has 1 aromatic heterocycles. The average molecular weight is 461 g/mol. The minimum atomic E-state index is -1.02. The lowest BCUT2D eigenvalue weighted by Gasteiger charge is -2.23. The molecule has 0 amide bonds. The number of nitrogens with two attached hydrogens (primary N) is 1. The lowest BCUT2D eigenvalue weighted by atomic mass is 9.83. The van der Waals surface area contributed by atoms with Gasteiger partial charge in [-0.15, -0.1) is 0 Å². The second-order valence-electron chi connectivity index (χ2n) is 8.54. The Balaban J connectivity index is 2.49. The molecule has 0 bridgehead atoms. The number of aryl methyl sites for hydroxylation is 1. The highest BCUT2D eigenvalue weighted by molar-refractivity contribution is 7.98. The molecule has 0 saturated carbocycles. The third-order valence-electron chi connectivity index (χ3n) is 5.78. The summed E-state index contributed by atoms with van der Waals surface area (Å²) in [5.74, 6) is 1.86. The summed E-state index contributed by atoms with van der Waals surface area (Å²) < 4.78 is 5.59. The van der Waals surface area contributed by atoms with Crippen LogP contribution in [0, 0.1) is 6.92 Å². The Morgan fingerprint density at radius 1 is 1.31 bits per heavy atom. The molecule has 0 fully saturated rings. The van der Waals surface area contributed by atoms with Crippen molar-refractivity contribution in [3.8, 4) is 5.75 Å². The summed E-state index contributed by atoms with van der Waals surface area (Å²) in [7, 11) is 1.62. The molecule has 0 radical (unpaired) electrons. The Morgan fingerprint density at radius 2 is 2.03 bits per heavy atom. The number of anilines is 2. The normalized spacial score (nSPS) is 12.4. The molecule has 8 heteroatoms. The maximum Gasteiger partial charge on any atom is 0.313 e. The van der Waals surface area contributed by atoms with Gasteiger partial charge in [-0.25, -0.2) is 4.98 Å². The van der Waals surface area contributed by atoms with Crippen molar-refractivity contribution >= 4 is 29.5 Å². The first kappa shape index (κ1) is 25.8. The zero-order chi connectivity index (χ0) is 23.9. The van der Waals surface area contributed by atoms with Crippen molar-refractivity contribution in [3.05, 3.63) is 40.6 Å². The van der Waals surface area contributed by atoms with E-state index < -0.39 is 11.4 Å². The Bertz CT molecular complexity index is 934. The third-order valence-corrected chi connectivity index (χ3v) is 6.43. The van der Waals surface area contributed by atoms with Crippen molar-refractivity contribution in [2.75, 3.05) is 30.2 Å². The molecule has 1 atom stereocenters. The minimum absolute atomic E-state index is 0.238. The van der Waals surface area contributed by atoms with Crippen LogP contribution in [0.3, 0.4) is 0 Å². The molecule has 2 aromatic rings. The number of hydrogen-bond acceptors (Lipinski definition) is 7. The van der Waals surface area contributed by atoms with E-state index in [1.165, 1.54) is 0 Å². The number of carbonyl (C=O) groups is 1. The van der Waals surface area contributed by atoms with Crippen LogP contribution in [0.25, 0.3) is 0 Å². The maximum absolute atomic E-state index is 11.8. The van der Waals surface area contributed by atoms with Gasteiger partial charge >= 0.3 is 5.97 Å². The number of rotatable bonds is 12. The molecule has 0 aliphatic rings. The number of thioether (sulfide) groups is 1. The van der Waals surface area contributed by atoms with Gasteiger partial charge in [-0.05, 0) is 62.8 Å². The molecule has 0 spiro atoms. The Hall–Kier alpha value is -2.48. The fourth-order valence-electron chi connectivity index (χ4n) is 3.66.